The first-order valence-electron chi connectivity index (χ1n) is 5.66. The summed E-state index contributed by atoms with van der Waals surface area (Å²) in [6, 6.07) is 12.6. The Kier molecular flexibility index (Phi) is 4.02. The molecule has 0 saturated carbocycles. The van der Waals surface area contributed by atoms with Crippen LogP contribution in [-0.2, 0) is 0 Å². The molecule has 0 N–H and O–H groups in total. The molecule has 0 aliphatic heterocycles. The van der Waals surface area contributed by atoms with Crippen LogP contribution >= 0.6 is 15.9 Å². The lowest BCUT2D eigenvalue weighted by Crippen LogP contribution is -1.99. The van der Waals surface area contributed by atoms with Gasteiger partial charge in [-0.2, -0.15) is 0 Å². The van der Waals surface area contributed by atoms with Gasteiger partial charge in [0.15, 0.2) is 0 Å². The number of benzene rings is 2. The molecule has 3 heteroatoms. The number of halogens is 2. The Labute approximate surface area is 115 Å². The highest BCUT2D eigenvalue weighted by molar-refractivity contribution is 9.09. The van der Waals surface area contributed by atoms with E-state index >= 15 is 0 Å². The summed E-state index contributed by atoms with van der Waals surface area (Å²) in [6.45, 7) is 2.04. The molecule has 0 spiro atoms. The normalized spacial score (nSPS) is 12.2. The summed E-state index contributed by atoms with van der Waals surface area (Å²) in [5.74, 6) is 0.422. The molecule has 0 heterocycles. The van der Waals surface area contributed by atoms with E-state index in [0.717, 1.165) is 16.7 Å². The van der Waals surface area contributed by atoms with Crippen LogP contribution in [0.4, 0.5) is 4.39 Å². The molecule has 0 amide bonds. The predicted octanol–water partition coefficient (Wildman–Crippen LogP) is 4.63. The van der Waals surface area contributed by atoms with Crippen LogP contribution in [0.5, 0.6) is 5.75 Å². The zero-order valence-corrected chi connectivity index (χ0v) is 11.9. The highest BCUT2D eigenvalue weighted by atomic mass is 79.9. The van der Waals surface area contributed by atoms with Crippen LogP contribution in [0.3, 0.4) is 0 Å². The first kappa shape index (κ1) is 13.1. The molecule has 18 heavy (non-hydrogen) atoms. The zero-order valence-electron chi connectivity index (χ0n) is 10.3. The molecular formula is C15H14BrFO. The van der Waals surface area contributed by atoms with Crippen molar-refractivity contribution >= 4 is 15.9 Å². The summed E-state index contributed by atoms with van der Waals surface area (Å²) in [4.78, 5) is -0.0793. The van der Waals surface area contributed by atoms with Crippen molar-refractivity contribution in [1.82, 2.24) is 0 Å². The summed E-state index contributed by atoms with van der Waals surface area (Å²) < 4.78 is 18.7. The van der Waals surface area contributed by atoms with Gasteiger partial charge in [0.25, 0.3) is 0 Å². The molecule has 0 aliphatic carbocycles. The first-order chi connectivity index (χ1) is 8.63. The number of ether oxygens (including phenoxy) is 1. The lowest BCUT2D eigenvalue weighted by Gasteiger charge is -2.16. The Hall–Kier alpha value is -1.35. The number of aryl methyl sites for hydroxylation is 1. The fraction of sp³-hybridized carbons (Fsp3) is 0.200. The molecule has 0 aromatic heterocycles. The Bertz CT molecular complexity index is 554. The summed E-state index contributed by atoms with van der Waals surface area (Å²) >= 11 is 3.62. The minimum Gasteiger partial charge on any atom is -0.496 e. The number of hydrogen-bond acceptors (Lipinski definition) is 1. The van der Waals surface area contributed by atoms with Gasteiger partial charge in [0.05, 0.1) is 11.9 Å². The topological polar surface area (TPSA) is 9.23 Å². The predicted molar refractivity (Wildman–Crippen MR) is 74.9 cm³/mol. The van der Waals surface area contributed by atoms with Crippen molar-refractivity contribution < 1.29 is 9.13 Å². The second kappa shape index (κ2) is 5.53. The molecule has 0 radical (unpaired) electrons. The van der Waals surface area contributed by atoms with Gasteiger partial charge >= 0.3 is 0 Å². The van der Waals surface area contributed by atoms with E-state index in [1.807, 2.05) is 31.2 Å². The van der Waals surface area contributed by atoms with Gasteiger partial charge in [-0.25, -0.2) is 4.39 Å². The zero-order chi connectivity index (χ0) is 13.1. The van der Waals surface area contributed by atoms with Crippen molar-refractivity contribution in [3.63, 3.8) is 0 Å². The average molecular weight is 309 g/mol. The van der Waals surface area contributed by atoms with Crippen molar-refractivity contribution in [2.75, 3.05) is 7.11 Å². The van der Waals surface area contributed by atoms with Gasteiger partial charge in [-0.05, 0) is 36.2 Å². The van der Waals surface area contributed by atoms with Crippen LogP contribution in [0, 0.1) is 12.7 Å². The quantitative estimate of drug-likeness (QED) is 0.751. The molecule has 2 aromatic carbocycles. The molecule has 2 aromatic rings. The van der Waals surface area contributed by atoms with Gasteiger partial charge < -0.3 is 4.74 Å². The van der Waals surface area contributed by atoms with Crippen molar-refractivity contribution in [1.29, 1.82) is 0 Å². The second-order valence-corrected chi connectivity index (χ2v) is 5.02. The Balaban J connectivity index is 2.48. The Morgan fingerprint density at radius 1 is 1.11 bits per heavy atom. The Morgan fingerprint density at radius 3 is 2.50 bits per heavy atom. The van der Waals surface area contributed by atoms with Crippen LogP contribution in [0.1, 0.15) is 21.5 Å². The molecule has 0 fully saturated rings. The maximum absolute atomic E-state index is 13.4. The summed E-state index contributed by atoms with van der Waals surface area (Å²) in [7, 11) is 1.59. The van der Waals surface area contributed by atoms with Crippen LogP contribution in [0.15, 0.2) is 42.5 Å². The number of hydrogen-bond donors (Lipinski definition) is 0. The fourth-order valence-electron chi connectivity index (χ4n) is 1.94. The van der Waals surface area contributed by atoms with Crippen molar-refractivity contribution in [3.05, 3.63) is 65.0 Å². The standard InChI is InChI=1S/C15H14BrFO/c1-10-5-3-4-6-12(10)15(16)13-9-11(17)7-8-14(13)18-2/h3-9,15H,1-2H3. The van der Waals surface area contributed by atoms with Crippen LogP contribution < -0.4 is 4.74 Å². The molecule has 2 rings (SSSR count). The van der Waals surface area contributed by atoms with Gasteiger partial charge in [-0.1, -0.05) is 40.2 Å². The van der Waals surface area contributed by atoms with Crippen LogP contribution in [-0.4, -0.2) is 7.11 Å². The number of methoxy groups -OCH3 is 1. The molecule has 1 atom stereocenters. The van der Waals surface area contributed by atoms with Crippen LogP contribution in [0.2, 0.25) is 0 Å². The van der Waals surface area contributed by atoms with Crippen molar-refractivity contribution in [2.24, 2.45) is 0 Å². The molecular weight excluding hydrogens is 295 g/mol. The average Bonchev–Trinajstić information content (AvgIpc) is 2.38. The van der Waals surface area contributed by atoms with Gasteiger partial charge in [0, 0.05) is 5.56 Å². The van der Waals surface area contributed by atoms with E-state index in [-0.39, 0.29) is 10.6 Å². The minimum absolute atomic E-state index is 0.0793. The smallest absolute Gasteiger partial charge is 0.123 e. The van der Waals surface area contributed by atoms with E-state index in [1.54, 1.807) is 13.2 Å². The molecule has 0 bridgehead atoms. The SMILES string of the molecule is COc1ccc(F)cc1C(Br)c1ccccc1C. The third kappa shape index (κ3) is 2.56. The van der Waals surface area contributed by atoms with E-state index in [4.69, 9.17) is 4.74 Å². The fourth-order valence-corrected chi connectivity index (χ4v) is 2.81. The summed E-state index contributed by atoms with van der Waals surface area (Å²) in [5, 5.41) is 0. The van der Waals surface area contributed by atoms with Crippen molar-refractivity contribution in [2.45, 2.75) is 11.8 Å². The maximum Gasteiger partial charge on any atom is 0.123 e. The van der Waals surface area contributed by atoms with Crippen LogP contribution in [0.25, 0.3) is 0 Å². The number of rotatable bonds is 3. The molecule has 94 valence electrons. The van der Waals surface area contributed by atoms with Gasteiger partial charge in [-0.15, -0.1) is 0 Å². The third-order valence-electron chi connectivity index (χ3n) is 2.93. The highest BCUT2D eigenvalue weighted by Gasteiger charge is 2.17. The summed E-state index contributed by atoms with van der Waals surface area (Å²) in [6.07, 6.45) is 0. The minimum atomic E-state index is -0.260. The third-order valence-corrected chi connectivity index (χ3v) is 3.91. The van der Waals surface area contributed by atoms with Gasteiger partial charge in [0.2, 0.25) is 0 Å². The molecule has 0 aliphatic rings. The molecule has 1 nitrogen and oxygen atoms in total. The highest BCUT2D eigenvalue weighted by Crippen LogP contribution is 2.38. The number of alkyl halides is 1. The second-order valence-electron chi connectivity index (χ2n) is 4.11. The lowest BCUT2D eigenvalue weighted by atomic mass is 10.00. The van der Waals surface area contributed by atoms with Gasteiger partial charge in [-0.3, -0.25) is 0 Å². The molecule has 0 saturated heterocycles. The van der Waals surface area contributed by atoms with E-state index in [9.17, 15) is 4.39 Å². The lowest BCUT2D eigenvalue weighted by molar-refractivity contribution is 0.409. The van der Waals surface area contributed by atoms with E-state index < -0.39 is 0 Å². The van der Waals surface area contributed by atoms with E-state index in [0.29, 0.717) is 5.75 Å². The van der Waals surface area contributed by atoms with Gasteiger partial charge in [0.1, 0.15) is 11.6 Å². The first-order valence-corrected chi connectivity index (χ1v) is 6.58. The van der Waals surface area contributed by atoms with E-state index in [2.05, 4.69) is 15.9 Å². The van der Waals surface area contributed by atoms with E-state index in [1.165, 1.54) is 12.1 Å². The Morgan fingerprint density at radius 2 is 1.83 bits per heavy atom. The monoisotopic (exact) mass is 308 g/mol. The van der Waals surface area contributed by atoms with Crippen molar-refractivity contribution in [3.8, 4) is 5.75 Å². The largest absolute Gasteiger partial charge is 0.496 e. The summed E-state index contributed by atoms with van der Waals surface area (Å²) in [5.41, 5.74) is 3.07. The maximum atomic E-state index is 13.4. The molecule has 1 unspecified atom stereocenters.